The highest BCUT2D eigenvalue weighted by Gasteiger charge is 2.33. The Morgan fingerprint density at radius 3 is 2.66 bits per heavy atom. The zero-order valence-electron chi connectivity index (χ0n) is 20.9. The molecule has 0 atom stereocenters. The molecule has 5 aromatic heterocycles. The Hall–Kier alpha value is -5.07. The number of ether oxygens (including phenoxy) is 2. The monoisotopic (exact) mass is 513 g/mol. The van der Waals surface area contributed by atoms with E-state index >= 15 is 0 Å². The fourth-order valence-electron chi connectivity index (χ4n) is 4.69. The summed E-state index contributed by atoms with van der Waals surface area (Å²) in [4.78, 5) is 49.1. The second-order valence-electron chi connectivity index (χ2n) is 8.65. The Balaban J connectivity index is 1.33. The first-order valence-corrected chi connectivity index (χ1v) is 11.8. The molecule has 13 heteroatoms. The predicted molar refractivity (Wildman–Crippen MR) is 134 cm³/mol. The zero-order chi connectivity index (χ0) is 26.4. The van der Waals surface area contributed by atoms with Crippen LogP contribution in [0.5, 0.6) is 11.6 Å². The van der Waals surface area contributed by atoms with Crippen LogP contribution in [-0.2, 0) is 17.9 Å². The van der Waals surface area contributed by atoms with E-state index in [0.717, 1.165) is 11.4 Å². The third kappa shape index (κ3) is 3.67. The van der Waals surface area contributed by atoms with Crippen LogP contribution in [0.3, 0.4) is 0 Å². The van der Waals surface area contributed by atoms with Crippen LogP contribution >= 0.6 is 0 Å². The van der Waals surface area contributed by atoms with Gasteiger partial charge in [-0.25, -0.2) is 14.6 Å². The lowest BCUT2D eigenvalue weighted by molar-refractivity contribution is -0.127. The van der Waals surface area contributed by atoms with Crippen molar-refractivity contribution >= 4 is 22.6 Å². The number of hydrogen-bond donors (Lipinski definition) is 1. The molecule has 1 aliphatic heterocycles. The molecule has 6 rings (SSSR count). The van der Waals surface area contributed by atoms with Crippen LogP contribution in [-0.4, -0.2) is 76.6 Å². The van der Waals surface area contributed by atoms with Crippen LogP contribution in [0.15, 0.2) is 43.1 Å². The molecule has 0 saturated carbocycles. The summed E-state index contributed by atoms with van der Waals surface area (Å²) >= 11 is 0. The van der Waals surface area contributed by atoms with E-state index in [1.807, 2.05) is 22.8 Å². The van der Waals surface area contributed by atoms with Gasteiger partial charge in [-0.15, -0.1) is 0 Å². The van der Waals surface area contributed by atoms with Gasteiger partial charge in [-0.2, -0.15) is 10.1 Å². The number of carbonyl (C=O) groups is 2. The van der Waals surface area contributed by atoms with Crippen LogP contribution in [0, 0.1) is 6.92 Å². The van der Waals surface area contributed by atoms with Crippen molar-refractivity contribution in [1.82, 2.24) is 44.2 Å². The van der Waals surface area contributed by atoms with E-state index in [2.05, 4.69) is 30.0 Å². The molecule has 1 N–H and O–H groups in total. The molecule has 1 aliphatic rings. The Morgan fingerprint density at radius 2 is 1.95 bits per heavy atom. The number of fused-ring (bicyclic) bond motifs is 2. The topological polar surface area (TPSA) is 146 Å². The highest BCUT2D eigenvalue weighted by atomic mass is 16.5. The third-order valence-electron chi connectivity index (χ3n) is 6.47. The molecule has 0 aromatic carbocycles. The van der Waals surface area contributed by atoms with Crippen molar-refractivity contribution in [3.8, 4) is 28.8 Å². The Morgan fingerprint density at radius 1 is 1.08 bits per heavy atom. The lowest BCUT2D eigenvalue weighted by Crippen LogP contribution is -2.42. The van der Waals surface area contributed by atoms with Crippen LogP contribution in [0.1, 0.15) is 22.0 Å². The van der Waals surface area contributed by atoms with E-state index in [-0.39, 0.29) is 12.1 Å². The number of Topliss-reactive ketones (excluding diaryl/α,β-unsaturated/α-hetero) is 1. The highest BCUT2D eigenvalue weighted by molar-refractivity contribution is 6.45. The number of pyridine rings is 2. The van der Waals surface area contributed by atoms with Gasteiger partial charge >= 0.3 is 0 Å². The number of aromatic amines is 1. The summed E-state index contributed by atoms with van der Waals surface area (Å²) in [6.07, 6.45) is 6.22. The van der Waals surface area contributed by atoms with E-state index in [1.165, 1.54) is 35.4 Å². The number of methoxy groups -OCH3 is 2. The number of hydrogen-bond acceptors (Lipinski definition) is 9. The molecule has 0 spiro atoms. The number of imidazole rings is 1. The molecule has 1 amide bonds. The maximum Gasteiger partial charge on any atom is 0.295 e. The first-order valence-electron chi connectivity index (χ1n) is 11.8. The number of aryl methyl sites for hydroxylation is 1. The molecular weight excluding hydrogens is 490 g/mol. The number of rotatable bonds is 6. The number of aromatic nitrogens is 8. The van der Waals surface area contributed by atoms with Gasteiger partial charge in [0, 0.05) is 25.5 Å². The van der Waals surface area contributed by atoms with E-state index in [1.54, 1.807) is 20.2 Å². The summed E-state index contributed by atoms with van der Waals surface area (Å²) in [7, 11) is 3.03. The second-order valence-corrected chi connectivity index (χ2v) is 8.65. The van der Waals surface area contributed by atoms with E-state index < -0.39 is 11.7 Å². The zero-order valence-corrected chi connectivity index (χ0v) is 20.9. The summed E-state index contributed by atoms with van der Waals surface area (Å²) in [5, 5.41) is 4.75. The maximum absolute atomic E-state index is 13.5. The lowest BCUT2D eigenvalue weighted by atomic mass is 10.1. The van der Waals surface area contributed by atoms with Crippen LogP contribution < -0.4 is 9.47 Å². The number of amides is 1. The standard InChI is InChI=1S/C25H23N9O4/c1-14-29-13-34(31-14)23-20-19(17(37-2)11-28-23)15(10-27-20)22(35)25(36)32-8-9-33-18(12-32)30-24(38-3)21(33)16-6-4-5-7-26-16/h4-7,10-11,13,27H,8-9,12H2,1-3H3. The molecule has 0 bridgehead atoms. The molecule has 6 heterocycles. The minimum atomic E-state index is -0.668. The van der Waals surface area contributed by atoms with E-state index in [0.29, 0.717) is 53.1 Å². The first-order chi connectivity index (χ1) is 18.5. The molecular formula is C25H23N9O4. The van der Waals surface area contributed by atoms with Gasteiger partial charge in [-0.3, -0.25) is 14.6 Å². The van der Waals surface area contributed by atoms with Gasteiger partial charge < -0.3 is 23.9 Å². The molecule has 192 valence electrons. The molecule has 5 aromatic rings. The number of H-pyrrole nitrogens is 1. The normalized spacial score (nSPS) is 13.0. The third-order valence-corrected chi connectivity index (χ3v) is 6.47. The molecule has 0 fully saturated rings. The van der Waals surface area contributed by atoms with Gasteiger partial charge in [0.1, 0.15) is 29.4 Å². The summed E-state index contributed by atoms with van der Waals surface area (Å²) in [6, 6.07) is 5.60. The number of ketones is 1. The molecule has 13 nitrogen and oxygen atoms in total. The van der Waals surface area contributed by atoms with Crippen LogP contribution in [0.25, 0.3) is 28.1 Å². The van der Waals surface area contributed by atoms with Crippen LogP contribution in [0.4, 0.5) is 0 Å². The average molecular weight is 514 g/mol. The van der Waals surface area contributed by atoms with Gasteiger partial charge in [0.2, 0.25) is 5.88 Å². The first kappa shape index (κ1) is 23.3. The Kier molecular flexibility index (Phi) is 5.59. The van der Waals surface area contributed by atoms with Crippen LogP contribution in [0.2, 0.25) is 0 Å². The second kappa shape index (κ2) is 9.10. The van der Waals surface area contributed by atoms with Crippen molar-refractivity contribution < 1.29 is 19.1 Å². The van der Waals surface area contributed by atoms with Gasteiger partial charge in [-0.1, -0.05) is 6.07 Å². The minimum absolute atomic E-state index is 0.151. The lowest BCUT2D eigenvalue weighted by Gasteiger charge is -2.27. The van der Waals surface area contributed by atoms with Crippen molar-refractivity contribution in [3.05, 3.63) is 60.3 Å². The Labute approximate surface area is 216 Å². The largest absolute Gasteiger partial charge is 0.494 e. The van der Waals surface area contributed by atoms with Gasteiger partial charge in [0.05, 0.1) is 49.1 Å². The number of nitrogens with zero attached hydrogens (tertiary/aromatic N) is 8. The Bertz CT molecular complexity index is 1690. The van der Waals surface area contributed by atoms with Gasteiger partial charge in [0.25, 0.3) is 11.7 Å². The van der Waals surface area contributed by atoms with Crippen molar-refractivity contribution in [1.29, 1.82) is 0 Å². The molecule has 38 heavy (non-hydrogen) atoms. The van der Waals surface area contributed by atoms with E-state index in [9.17, 15) is 9.59 Å². The summed E-state index contributed by atoms with van der Waals surface area (Å²) in [6.45, 7) is 2.67. The predicted octanol–water partition coefficient (Wildman–Crippen LogP) is 1.95. The summed E-state index contributed by atoms with van der Waals surface area (Å²) in [5.41, 5.74) is 2.15. The average Bonchev–Trinajstić information content (AvgIpc) is 3.68. The summed E-state index contributed by atoms with van der Waals surface area (Å²) < 4.78 is 14.5. The summed E-state index contributed by atoms with van der Waals surface area (Å²) in [5.74, 6) is 1.08. The number of nitrogens with one attached hydrogen (secondary N) is 1. The van der Waals surface area contributed by atoms with Crippen molar-refractivity contribution in [2.75, 3.05) is 20.8 Å². The van der Waals surface area contributed by atoms with Gasteiger partial charge in [0.15, 0.2) is 5.82 Å². The van der Waals surface area contributed by atoms with Crippen molar-refractivity contribution in [2.45, 2.75) is 20.0 Å². The fourth-order valence-corrected chi connectivity index (χ4v) is 4.69. The van der Waals surface area contributed by atoms with E-state index in [4.69, 9.17) is 9.47 Å². The fraction of sp³-hybridized carbons (Fsp3) is 0.240. The number of carbonyl (C=O) groups excluding carboxylic acids is 2. The van der Waals surface area contributed by atoms with Crippen molar-refractivity contribution in [2.24, 2.45) is 0 Å². The SMILES string of the molecule is COc1nc2n(c1-c1ccccn1)CCN(C(=O)C(=O)c1c[nH]c3c(-n4cnc(C)n4)ncc(OC)c13)C2. The molecule has 0 saturated heterocycles. The quantitative estimate of drug-likeness (QED) is 0.266. The smallest absolute Gasteiger partial charge is 0.295 e. The van der Waals surface area contributed by atoms with Gasteiger partial charge in [-0.05, 0) is 19.1 Å². The maximum atomic E-state index is 13.5. The highest BCUT2D eigenvalue weighted by Crippen LogP contribution is 2.34. The molecule has 0 radical (unpaired) electrons. The minimum Gasteiger partial charge on any atom is -0.494 e. The molecule has 0 aliphatic carbocycles. The molecule has 0 unspecified atom stereocenters. The van der Waals surface area contributed by atoms with Crippen molar-refractivity contribution in [3.63, 3.8) is 0 Å².